The molecule has 0 spiro atoms. The van der Waals surface area contributed by atoms with Gasteiger partial charge < -0.3 is 40.9 Å². The van der Waals surface area contributed by atoms with Crippen molar-refractivity contribution in [1.29, 1.82) is 0 Å². The second-order valence-electron chi connectivity index (χ2n) is 17.7. The number of phenols is 2. The fourth-order valence-electron chi connectivity index (χ4n) is 8.29. The number of hydrogen-bond donors (Lipinski definition) is 6. The minimum absolute atomic E-state index is 0.0186. The number of alkyl halides is 3. The topological polar surface area (TPSA) is 231 Å². The van der Waals surface area contributed by atoms with Gasteiger partial charge in [-0.1, -0.05) is 96.1 Å². The zero-order valence-electron chi connectivity index (χ0n) is 39.2. The molecule has 0 fully saturated rings. The molecule has 0 unspecified atom stereocenters. The minimum Gasteiger partial charge on any atom is -0.507 e. The fraction of sp³-hybridized carbons (Fsp3) is 0.612. The van der Waals surface area contributed by atoms with Crippen molar-refractivity contribution in [2.75, 3.05) is 20.7 Å². The Hall–Kier alpha value is -5.52. The van der Waals surface area contributed by atoms with Crippen molar-refractivity contribution in [3.05, 3.63) is 47.5 Å². The molecule has 4 amide bonds. The summed E-state index contributed by atoms with van der Waals surface area (Å²) in [5.74, 6) is -9.54. The van der Waals surface area contributed by atoms with Crippen LogP contribution in [0.25, 0.3) is 11.1 Å². The maximum Gasteiger partial charge on any atom is 0.389 e. The lowest BCUT2D eigenvalue weighted by Crippen LogP contribution is -2.53. The van der Waals surface area contributed by atoms with E-state index in [1.807, 2.05) is 0 Å². The van der Waals surface area contributed by atoms with Gasteiger partial charge in [0, 0.05) is 57.3 Å². The molecule has 2 aromatic rings. The molecule has 1 aliphatic heterocycles. The molecule has 0 radical (unpaired) electrons. The van der Waals surface area contributed by atoms with E-state index in [1.54, 1.807) is 0 Å². The van der Waals surface area contributed by atoms with Crippen molar-refractivity contribution in [2.24, 2.45) is 5.92 Å². The van der Waals surface area contributed by atoms with Crippen molar-refractivity contribution in [1.82, 2.24) is 20.4 Å². The predicted molar refractivity (Wildman–Crippen MR) is 244 cm³/mol. The van der Waals surface area contributed by atoms with E-state index in [4.69, 9.17) is 0 Å². The van der Waals surface area contributed by atoms with Crippen LogP contribution in [0.5, 0.6) is 11.5 Å². The van der Waals surface area contributed by atoms with Crippen LogP contribution in [0.1, 0.15) is 147 Å². The molecule has 5 atom stereocenters. The Morgan fingerprint density at radius 3 is 1.88 bits per heavy atom. The summed E-state index contributed by atoms with van der Waals surface area (Å²) < 4.78 is 41.5. The number of amides is 4. The van der Waals surface area contributed by atoms with Gasteiger partial charge in [-0.3, -0.25) is 28.8 Å². The number of aliphatic carboxylic acids is 1. The summed E-state index contributed by atoms with van der Waals surface area (Å²) >= 11 is 0. The lowest BCUT2D eigenvalue weighted by Gasteiger charge is -2.30. The molecule has 18 heteroatoms. The molecule has 2 aromatic carbocycles. The largest absolute Gasteiger partial charge is 0.507 e. The molecule has 67 heavy (non-hydrogen) atoms. The normalized spacial score (nSPS) is 17.4. The number of carbonyl (C=O) groups is 7. The maximum absolute atomic E-state index is 14.1. The molecular formula is C49H69F3N4O11. The van der Waals surface area contributed by atoms with E-state index in [1.165, 1.54) is 95.7 Å². The highest BCUT2D eigenvalue weighted by atomic mass is 19.4. The number of hydrogen-bond acceptors (Lipinski definition) is 10. The third kappa shape index (κ3) is 17.9. The van der Waals surface area contributed by atoms with Crippen LogP contribution < -0.4 is 10.6 Å². The predicted octanol–water partition coefficient (Wildman–Crippen LogP) is 7.07. The second-order valence-corrected chi connectivity index (χ2v) is 17.7. The number of nitrogens with one attached hydrogen (secondary N) is 2. The van der Waals surface area contributed by atoms with Crippen LogP contribution in [0.15, 0.2) is 36.4 Å². The van der Waals surface area contributed by atoms with E-state index in [0.717, 1.165) is 48.6 Å². The van der Waals surface area contributed by atoms with Gasteiger partial charge in [-0.2, -0.15) is 13.2 Å². The maximum atomic E-state index is 14.1. The molecular weight excluding hydrogens is 878 g/mol. The van der Waals surface area contributed by atoms with Crippen LogP contribution in [0, 0.1) is 5.92 Å². The molecule has 3 rings (SSSR count). The summed E-state index contributed by atoms with van der Waals surface area (Å²) in [5.41, 5.74) is 0.107. The van der Waals surface area contributed by atoms with Crippen molar-refractivity contribution >= 4 is 41.2 Å². The fourth-order valence-corrected chi connectivity index (χ4v) is 8.29. The third-order valence-electron chi connectivity index (χ3n) is 12.4. The summed E-state index contributed by atoms with van der Waals surface area (Å²) in [6.45, 7) is 2.84. The summed E-state index contributed by atoms with van der Waals surface area (Å²) in [4.78, 5) is 94.8. The van der Waals surface area contributed by atoms with Crippen LogP contribution in [-0.2, 0) is 40.0 Å². The number of aliphatic hydroxyl groups excluding tert-OH is 1. The van der Waals surface area contributed by atoms with Crippen molar-refractivity contribution in [3.8, 4) is 22.6 Å². The highest BCUT2D eigenvalue weighted by Gasteiger charge is 2.40. The highest BCUT2D eigenvalue weighted by molar-refractivity contribution is 5.97. The number of aliphatic hydroxyl groups is 1. The number of phenolic OH excluding ortho intramolecular Hbond substituents is 2. The van der Waals surface area contributed by atoms with Gasteiger partial charge >= 0.3 is 12.1 Å². The number of benzene rings is 2. The van der Waals surface area contributed by atoms with Crippen LogP contribution in [0.4, 0.5) is 13.2 Å². The smallest absolute Gasteiger partial charge is 0.389 e. The number of ketones is 2. The van der Waals surface area contributed by atoms with Gasteiger partial charge in [0.15, 0.2) is 11.6 Å². The first-order valence-corrected chi connectivity index (χ1v) is 23.4. The van der Waals surface area contributed by atoms with Crippen LogP contribution in [0.2, 0.25) is 0 Å². The number of nitrogens with zero attached hydrogens (tertiary/aromatic N) is 2. The summed E-state index contributed by atoms with van der Waals surface area (Å²) in [6, 6.07) is 1.50. The first kappa shape index (κ1) is 55.8. The van der Waals surface area contributed by atoms with Gasteiger partial charge in [-0.15, -0.1) is 0 Å². The summed E-state index contributed by atoms with van der Waals surface area (Å²) in [6.07, 6.45) is 5.64. The number of carboxylic acid groups (broad SMARTS) is 1. The van der Waals surface area contributed by atoms with Gasteiger partial charge in [-0.25, -0.2) is 4.79 Å². The van der Waals surface area contributed by atoms with E-state index in [9.17, 15) is 67.2 Å². The highest BCUT2D eigenvalue weighted by Crippen LogP contribution is 2.40. The van der Waals surface area contributed by atoms with E-state index in [2.05, 4.69) is 17.6 Å². The number of Topliss-reactive ketones (excluding diaryl/α,β-unsaturated/α-hetero) is 2. The van der Waals surface area contributed by atoms with Crippen LogP contribution in [0.3, 0.4) is 0 Å². The summed E-state index contributed by atoms with van der Waals surface area (Å²) in [7, 11) is 2.55. The number of carboxylic acids is 1. The molecule has 372 valence electrons. The Balaban J connectivity index is 1.68. The number of fused-ring (bicyclic) bond motifs is 5. The molecule has 0 saturated heterocycles. The van der Waals surface area contributed by atoms with E-state index >= 15 is 0 Å². The monoisotopic (exact) mass is 946 g/mol. The van der Waals surface area contributed by atoms with Crippen molar-refractivity contribution in [3.63, 3.8) is 0 Å². The molecule has 1 heterocycles. The molecule has 0 aromatic heterocycles. The zero-order chi connectivity index (χ0) is 49.8. The van der Waals surface area contributed by atoms with Gasteiger partial charge in [0.2, 0.25) is 23.6 Å². The Bertz CT molecular complexity index is 2010. The summed E-state index contributed by atoms with van der Waals surface area (Å²) in [5, 5.41) is 46.2. The number of rotatable bonds is 25. The molecule has 4 bridgehead atoms. The van der Waals surface area contributed by atoms with Gasteiger partial charge in [0.25, 0.3) is 0 Å². The molecule has 1 aliphatic rings. The lowest BCUT2D eigenvalue weighted by molar-refractivity contribution is -0.158. The SMILES string of the molecule is CCCCCCCCCCCCCCCC(=O)N(C)[C@H](CO)C(=O)N[C@H](C)C(=O)CCC(=O)N(C)[C@@H]1C(=O)C[C@@H](CC(F)(F)F)C(=O)N[C@H](C(=O)O)Cc2ccc(O)c(c2)-c2cc1ccc2O. The standard InChI is InChI=1S/C49H69F3N4O11/c1-5-6-7-8-9-10-11-12-13-14-15-16-17-18-43(62)55(3)38(30-57)47(65)53-31(2)39(58)23-24-44(63)56(4)45-33-20-22-41(60)36(27-33)35-25-32(19-21-40(35)59)26-37(48(66)67)54-46(64)34(28-42(45)61)29-49(50,51)52/h19-22,25,27,31,34,37-38,45,57,59-60H,5-18,23-24,26,28-30H2,1-4H3,(H,53,65)(H,54,64)(H,66,67)/t31-,34+,37+,38-,45+/m1/s1. The van der Waals surface area contributed by atoms with Crippen LogP contribution >= 0.6 is 0 Å². The zero-order valence-corrected chi connectivity index (χ0v) is 39.2. The van der Waals surface area contributed by atoms with Crippen molar-refractivity contribution in [2.45, 2.75) is 166 Å². The first-order valence-electron chi connectivity index (χ1n) is 23.4. The van der Waals surface area contributed by atoms with E-state index in [-0.39, 0.29) is 40.3 Å². The van der Waals surface area contributed by atoms with E-state index in [0.29, 0.717) is 6.42 Å². The third-order valence-corrected chi connectivity index (χ3v) is 12.4. The molecule has 0 saturated carbocycles. The molecule has 6 N–H and O–H groups in total. The Labute approximate surface area is 390 Å². The number of aromatic hydroxyl groups is 2. The van der Waals surface area contributed by atoms with Gasteiger partial charge in [0.05, 0.1) is 25.0 Å². The Morgan fingerprint density at radius 1 is 0.776 bits per heavy atom. The van der Waals surface area contributed by atoms with Crippen molar-refractivity contribution < 1.29 is 67.2 Å². The van der Waals surface area contributed by atoms with Gasteiger partial charge in [-0.05, 0) is 48.7 Å². The number of halogens is 3. The quantitative estimate of drug-likeness (QED) is 0.0551. The Morgan fingerprint density at radius 2 is 1.33 bits per heavy atom. The minimum atomic E-state index is -4.97. The number of unbranched alkanes of at least 4 members (excludes halogenated alkanes) is 12. The Kier molecular flexibility index (Phi) is 22.8. The average Bonchev–Trinajstić information content (AvgIpc) is 3.26. The lowest BCUT2D eigenvalue weighted by atomic mass is 9.88. The average molecular weight is 947 g/mol. The number of likely N-dealkylation sites (N-methyl/N-ethyl adjacent to an activating group) is 2. The van der Waals surface area contributed by atoms with Gasteiger partial charge in [0.1, 0.15) is 29.6 Å². The first-order chi connectivity index (χ1) is 31.7. The molecule has 15 nitrogen and oxygen atoms in total. The second kappa shape index (κ2) is 27.3. The number of carbonyl (C=O) groups excluding carboxylic acids is 6. The molecule has 0 aliphatic carbocycles. The van der Waals surface area contributed by atoms with E-state index < -0.39 is 116 Å². The van der Waals surface area contributed by atoms with Crippen LogP contribution in [-0.4, -0.2) is 116 Å².